The Kier molecular flexibility index (Phi) is 4.52. The van der Waals surface area contributed by atoms with E-state index in [1.165, 1.54) is 0 Å². The lowest BCUT2D eigenvalue weighted by Crippen LogP contribution is -2.17. The van der Waals surface area contributed by atoms with E-state index in [0.717, 1.165) is 12.1 Å². The van der Waals surface area contributed by atoms with E-state index in [1.54, 1.807) is 6.92 Å². The first-order valence-corrected chi connectivity index (χ1v) is 5.11. The van der Waals surface area contributed by atoms with Crippen LogP contribution in [0.15, 0.2) is 18.2 Å². The fraction of sp³-hybridized carbons (Fsp3) is 0.364. The highest BCUT2D eigenvalue weighted by Crippen LogP contribution is 2.31. The summed E-state index contributed by atoms with van der Waals surface area (Å²) in [6, 6.07) is 2.03. The largest absolute Gasteiger partial charge is 0.465 e. The molecule has 1 N–H and O–H groups in total. The maximum absolute atomic E-state index is 13.3. The van der Waals surface area contributed by atoms with Crippen molar-refractivity contribution in [2.75, 3.05) is 18.5 Å². The number of esters is 1. The first-order chi connectivity index (χ1) is 8.34. The maximum Gasteiger partial charge on any atom is 0.416 e. The Morgan fingerprint density at radius 3 is 2.56 bits per heavy atom. The molecule has 0 aliphatic rings. The topological polar surface area (TPSA) is 38.3 Å². The molecule has 0 atom stereocenters. The van der Waals surface area contributed by atoms with Gasteiger partial charge in [0, 0.05) is 0 Å². The molecule has 18 heavy (non-hydrogen) atoms. The van der Waals surface area contributed by atoms with Crippen molar-refractivity contribution in [3.05, 3.63) is 29.6 Å². The molecule has 0 bridgehead atoms. The zero-order chi connectivity index (χ0) is 13.8. The molecule has 1 aromatic rings. The van der Waals surface area contributed by atoms with Gasteiger partial charge in [0.15, 0.2) is 0 Å². The van der Waals surface area contributed by atoms with Gasteiger partial charge in [0.2, 0.25) is 0 Å². The second-order valence-electron chi connectivity index (χ2n) is 3.35. The molecular formula is C11H11F4NO2. The zero-order valence-electron chi connectivity index (χ0n) is 9.47. The number of alkyl halides is 3. The number of nitrogens with one attached hydrogen (secondary N) is 1. The molecule has 0 radical (unpaired) electrons. The number of halogens is 4. The van der Waals surface area contributed by atoms with Gasteiger partial charge < -0.3 is 10.1 Å². The minimum atomic E-state index is -4.60. The van der Waals surface area contributed by atoms with E-state index in [2.05, 4.69) is 10.1 Å². The highest BCUT2D eigenvalue weighted by atomic mass is 19.4. The molecule has 100 valence electrons. The van der Waals surface area contributed by atoms with Crippen molar-refractivity contribution >= 4 is 11.7 Å². The van der Waals surface area contributed by atoms with Crippen LogP contribution in [0.2, 0.25) is 0 Å². The monoisotopic (exact) mass is 265 g/mol. The zero-order valence-corrected chi connectivity index (χ0v) is 9.47. The molecule has 0 unspecified atom stereocenters. The Hall–Kier alpha value is -1.79. The van der Waals surface area contributed by atoms with Crippen molar-refractivity contribution in [2.45, 2.75) is 13.1 Å². The van der Waals surface area contributed by atoms with Crippen molar-refractivity contribution in [1.82, 2.24) is 0 Å². The van der Waals surface area contributed by atoms with Crippen LogP contribution in [0.25, 0.3) is 0 Å². The molecule has 1 aromatic carbocycles. The predicted octanol–water partition coefficient (Wildman–Crippen LogP) is 2.82. The summed E-state index contributed by atoms with van der Waals surface area (Å²) in [5.74, 6) is -1.69. The van der Waals surface area contributed by atoms with Gasteiger partial charge in [-0.25, -0.2) is 4.39 Å². The summed E-state index contributed by atoms with van der Waals surface area (Å²) in [5.41, 5.74) is -1.27. The summed E-state index contributed by atoms with van der Waals surface area (Å²) >= 11 is 0. The first-order valence-electron chi connectivity index (χ1n) is 5.11. The molecule has 0 aliphatic carbocycles. The molecule has 0 fully saturated rings. The second-order valence-corrected chi connectivity index (χ2v) is 3.35. The van der Waals surface area contributed by atoms with E-state index < -0.39 is 23.5 Å². The number of rotatable bonds is 4. The Labute approximate surface area is 101 Å². The molecule has 0 amide bonds. The molecule has 0 heterocycles. The average molecular weight is 265 g/mol. The van der Waals surface area contributed by atoms with Crippen molar-refractivity contribution in [2.24, 2.45) is 0 Å². The van der Waals surface area contributed by atoms with Gasteiger partial charge in [0.1, 0.15) is 12.4 Å². The predicted molar refractivity (Wildman–Crippen MR) is 56.5 cm³/mol. The molecule has 1 rings (SSSR count). The van der Waals surface area contributed by atoms with Crippen LogP contribution in [-0.4, -0.2) is 19.1 Å². The summed E-state index contributed by atoms with van der Waals surface area (Å²) in [5, 5.41) is 2.36. The van der Waals surface area contributed by atoms with Crippen LogP contribution in [-0.2, 0) is 15.7 Å². The fourth-order valence-electron chi connectivity index (χ4n) is 1.21. The smallest absolute Gasteiger partial charge is 0.416 e. The molecule has 3 nitrogen and oxygen atoms in total. The SMILES string of the molecule is CCOC(=O)CNc1ccc(C(F)(F)F)cc1F. The van der Waals surface area contributed by atoms with Crippen LogP contribution >= 0.6 is 0 Å². The number of hydrogen-bond donors (Lipinski definition) is 1. The summed E-state index contributed by atoms with van der Waals surface area (Å²) in [6.07, 6.45) is -4.60. The number of ether oxygens (including phenoxy) is 1. The van der Waals surface area contributed by atoms with E-state index in [-0.39, 0.29) is 18.8 Å². The Morgan fingerprint density at radius 2 is 2.06 bits per heavy atom. The van der Waals surface area contributed by atoms with E-state index in [0.29, 0.717) is 6.07 Å². The summed E-state index contributed by atoms with van der Waals surface area (Å²) in [6.45, 7) is 1.47. The third kappa shape index (κ3) is 3.90. The van der Waals surface area contributed by atoms with Gasteiger partial charge in [-0.1, -0.05) is 0 Å². The van der Waals surface area contributed by atoms with Crippen molar-refractivity contribution < 1.29 is 27.1 Å². The van der Waals surface area contributed by atoms with Crippen molar-refractivity contribution in [3.63, 3.8) is 0 Å². The first kappa shape index (κ1) is 14.3. The van der Waals surface area contributed by atoms with Gasteiger partial charge in [-0.05, 0) is 25.1 Å². The van der Waals surface area contributed by atoms with Gasteiger partial charge in [0.05, 0.1) is 17.9 Å². The van der Waals surface area contributed by atoms with Crippen LogP contribution in [0.5, 0.6) is 0 Å². The maximum atomic E-state index is 13.3. The van der Waals surface area contributed by atoms with Gasteiger partial charge in [-0.2, -0.15) is 13.2 Å². The van der Waals surface area contributed by atoms with Crippen LogP contribution in [0.3, 0.4) is 0 Å². The Morgan fingerprint density at radius 1 is 1.39 bits per heavy atom. The summed E-state index contributed by atoms with van der Waals surface area (Å²) in [7, 11) is 0. The lowest BCUT2D eigenvalue weighted by atomic mass is 10.2. The third-order valence-corrected chi connectivity index (χ3v) is 2.02. The quantitative estimate of drug-likeness (QED) is 0.672. The van der Waals surface area contributed by atoms with E-state index in [9.17, 15) is 22.4 Å². The number of anilines is 1. The van der Waals surface area contributed by atoms with Crippen LogP contribution in [0.1, 0.15) is 12.5 Å². The van der Waals surface area contributed by atoms with Crippen LogP contribution < -0.4 is 5.32 Å². The Balaban J connectivity index is 2.72. The fourth-order valence-corrected chi connectivity index (χ4v) is 1.21. The van der Waals surface area contributed by atoms with E-state index >= 15 is 0 Å². The van der Waals surface area contributed by atoms with Gasteiger partial charge >= 0.3 is 12.1 Å². The molecule has 7 heteroatoms. The molecule has 0 aliphatic heterocycles. The minimum absolute atomic E-state index is 0.177. The highest BCUT2D eigenvalue weighted by Gasteiger charge is 2.31. The van der Waals surface area contributed by atoms with Crippen molar-refractivity contribution in [3.8, 4) is 0 Å². The standard InChI is InChI=1S/C11H11F4NO2/c1-2-18-10(17)6-16-9-4-3-7(5-8(9)12)11(13,14)15/h3-5,16H,2,6H2,1H3. The lowest BCUT2D eigenvalue weighted by Gasteiger charge is -2.10. The lowest BCUT2D eigenvalue weighted by molar-refractivity contribution is -0.141. The number of hydrogen-bond acceptors (Lipinski definition) is 3. The molecular weight excluding hydrogens is 254 g/mol. The summed E-state index contributed by atoms with van der Waals surface area (Å²) in [4.78, 5) is 11.0. The van der Waals surface area contributed by atoms with E-state index in [1.807, 2.05) is 0 Å². The molecule has 0 spiro atoms. The second kappa shape index (κ2) is 5.70. The number of carbonyl (C=O) groups is 1. The summed E-state index contributed by atoms with van der Waals surface area (Å²) < 4.78 is 54.6. The van der Waals surface area contributed by atoms with Gasteiger partial charge in [-0.3, -0.25) is 4.79 Å². The van der Waals surface area contributed by atoms with Gasteiger partial charge in [-0.15, -0.1) is 0 Å². The Bertz CT molecular complexity index is 432. The normalized spacial score (nSPS) is 11.2. The third-order valence-electron chi connectivity index (χ3n) is 2.02. The van der Waals surface area contributed by atoms with Crippen molar-refractivity contribution in [1.29, 1.82) is 0 Å². The number of benzene rings is 1. The number of carbonyl (C=O) groups excluding carboxylic acids is 1. The minimum Gasteiger partial charge on any atom is -0.465 e. The molecule has 0 saturated carbocycles. The average Bonchev–Trinajstić information content (AvgIpc) is 2.26. The molecule has 0 saturated heterocycles. The van der Waals surface area contributed by atoms with Crippen LogP contribution in [0, 0.1) is 5.82 Å². The highest BCUT2D eigenvalue weighted by molar-refractivity contribution is 5.75. The van der Waals surface area contributed by atoms with E-state index in [4.69, 9.17) is 0 Å². The van der Waals surface area contributed by atoms with Crippen LogP contribution in [0.4, 0.5) is 23.2 Å². The van der Waals surface area contributed by atoms with Gasteiger partial charge in [0.25, 0.3) is 0 Å². The molecule has 0 aromatic heterocycles.